The van der Waals surface area contributed by atoms with Gasteiger partial charge >= 0.3 is 0 Å². The van der Waals surface area contributed by atoms with Crippen LogP contribution in [0, 0.1) is 0 Å². The lowest BCUT2D eigenvalue weighted by Crippen LogP contribution is -2.37. The van der Waals surface area contributed by atoms with Gasteiger partial charge < -0.3 is 20.1 Å². The minimum atomic E-state index is 0.623. The molecule has 0 aliphatic carbocycles. The van der Waals surface area contributed by atoms with Gasteiger partial charge in [0, 0.05) is 41.0 Å². The molecule has 0 aromatic heterocycles. The Hall–Kier alpha value is -1.59. The molecule has 1 aromatic carbocycles. The maximum atomic E-state index is 5.21. The second-order valence-electron chi connectivity index (χ2n) is 4.40. The fourth-order valence-electron chi connectivity index (χ4n) is 1.85. The van der Waals surface area contributed by atoms with Gasteiger partial charge in [0.05, 0.1) is 6.61 Å². The van der Waals surface area contributed by atoms with Crippen molar-refractivity contribution in [3.8, 4) is 0 Å². The summed E-state index contributed by atoms with van der Waals surface area (Å²) in [5.74, 6) is 0.799. The van der Waals surface area contributed by atoms with Crippen LogP contribution in [0.2, 0.25) is 0 Å². The van der Waals surface area contributed by atoms with Gasteiger partial charge in [0.1, 0.15) is 0 Å². The molecule has 2 N–H and O–H groups in total. The predicted octanol–water partition coefficient (Wildman–Crippen LogP) is 1.53. The van der Waals surface area contributed by atoms with Crippen molar-refractivity contribution in [2.24, 2.45) is 4.99 Å². The lowest BCUT2D eigenvalue weighted by molar-refractivity contribution is 0.184. The zero-order chi connectivity index (χ0) is 14.6. The van der Waals surface area contributed by atoms with Crippen molar-refractivity contribution in [3.63, 3.8) is 0 Å². The Morgan fingerprint density at radius 2 is 1.85 bits per heavy atom. The number of aliphatic imine (C=N–C) groups is 1. The quantitative estimate of drug-likeness (QED) is 0.430. The summed E-state index contributed by atoms with van der Waals surface area (Å²) < 4.78 is 10.2. The summed E-state index contributed by atoms with van der Waals surface area (Å²) in [6.45, 7) is 2.94. The summed E-state index contributed by atoms with van der Waals surface area (Å²) in [7, 11) is 5.19. The van der Waals surface area contributed by atoms with E-state index in [0.717, 1.165) is 32.1 Å². The zero-order valence-electron chi connectivity index (χ0n) is 12.6. The first-order valence-electron chi connectivity index (χ1n) is 6.81. The number of hydrogen-bond donors (Lipinski definition) is 2. The van der Waals surface area contributed by atoms with Gasteiger partial charge in [-0.25, -0.2) is 0 Å². The Morgan fingerprint density at radius 1 is 1.10 bits per heavy atom. The summed E-state index contributed by atoms with van der Waals surface area (Å²) in [6, 6.07) is 8.23. The topological polar surface area (TPSA) is 54.9 Å². The van der Waals surface area contributed by atoms with Crippen molar-refractivity contribution in [2.45, 2.75) is 19.6 Å². The predicted molar refractivity (Wildman–Crippen MR) is 81.8 cm³/mol. The molecule has 0 bridgehead atoms. The van der Waals surface area contributed by atoms with Crippen LogP contribution in [0.1, 0.15) is 17.5 Å². The molecule has 0 amide bonds. The number of nitrogens with one attached hydrogen (secondary N) is 2. The highest BCUT2D eigenvalue weighted by Gasteiger charge is 2.02. The first-order chi connectivity index (χ1) is 9.81. The molecular weight excluding hydrogens is 254 g/mol. The van der Waals surface area contributed by atoms with Crippen molar-refractivity contribution in [2.75, 3.05) is 34.4 Å². The summed E-state index contributed by atoms with van der Waals surface area (Å²) in [5, 5.41) is 6.56. The maximum Gasteiger partial charge on any atom is 0.191 e. The van der Waals surface area contributed by atoms with Crippen LogP contribution in [0.25, 0.3) is 0 Å². The van der Waals surface area contributed by atoms with Gasteiger partial charge in [0.2, 0.25) is 0 Å². The van der Waals surface area contributed by atoms with Gasteiger partial charge in [-0.2, -0.15) is 0 Å². The van der Waals surface area contributed by atoms with E-state index in [-0.39, 0.29) is 0 Å². The van der Waals surface area contributed by atoms with Crippen molar-refractivity contribution in [1.82, 2.24) is 10.6 Å². The molecular formula is C15H25N3O2. The molecule has 1 rings (SSSR count). The van der Waals surface area contributed by atoms with Crippen LogP contribution in [0.3, 0.4) is 0 Å². The first kappa shape index (κ1) is 16.5. The van der Waals surface area contributed by atoms with Crippen LogP contribution in [-0.2, 0) is 22.6 Å². The molecule has 0 unspecified atom stereocenters. The number of hydrogen-bond acceptors (Lipinski definition) is 3. The average molecular weight is 279 g/mol. The van der Waals surface area contributed by atoms with Crippen molar-refractivity contribution >= 4 is 5.96 Å². The molecule has 0 aliphatic heterocycles. The minimum Gasteiger partial charge on any atom is -0.385 e. The van der Waals surface area contributed by atoms with E-state index in [4.69, 9.17) is 9.47 Å². The highest BCUT2D eigenvalue weighted by Crippen LogP contribution is 2.09. The van der Waals surface area contributed by atoms with Gasteiger partial charge in [0.15, 0.2) is 5.96 Å². The van der Waals surface area contributed by atoms with E-state index < -0.39 is 0 Å². The van der Waals surface area contributed by atoms with E-state index >= 15 is 0 Å². The molecule has 112 valence electrons. The molecule has 20 heavy (non-hydrogen) atoms. The minimum absolute atomic E-state index is 0.623. The van der Waals surface area contributed by atoms with E-state index in [1.807, 2.05) is 12.1 Å². The van der Waals surface area contributed by atoms with Crippen LogP contribution in [0.15, 0.2) is 29.3 Å². The lowest BCUT2D eigenvalue weighted by Gasteiger charge is -2.14. The van der Waals surface area contributed by atoms with Crippen LogP contribution in [0.5, 0.6) is 0 Å². The highest BCUT2D eigenvalue weighted by molar-refractivity contribution is 5.79. The molecule has 0 saturated carbocycles. The Balaban J connectivity index is 2.44. The largest absolute Gasteiger partial charge is 0.385 e. The van der Waals surface area contributed by atoms with Crippen molar-refractivity contribution in [3.05, 3.63) is 35.4 Å². The van der Waals surface area contributed by atoms with Gasteiger partial charge in [0.25, 0.3) is 0 Å². The number of nitrogens with zero attached hydrogens (tertiary/aromatic N) is 1. The number of methoxy groups -OCH3 is 2. The van der Waals surface area contributed by atoms with Crippen molar-refractivity contribution < 1.29 is 9.47 Å². The normalized spacial score (nSPS) is 11.4. The molecule has 1 aromatic rings. The first-order valence-corrected chi connectivity index (χ1v) is 6.81. The highest BCUT2D eigenvalue weighted by atomic mass is 16.5. The SMILES string of the molecule is CN=C(NCCCOC)NCc1ccccc1COC. The Kier molecular flexibility index (Phi) is 8.42. The van der Waals surface area contributed by atoms with Crippen LogP contribution < -0.4 is 10.6 Å². The van der Waals surface area contributed by atoms with Gasteiger partial charge in [-0.3, -0.25) is 4.99 Å². The molecule has 0 saturated heterocycles. The summed E-state index contributed by atoms with van der Waals surface area (Å²) in [4.78, 5) is 4.20. The second kappa shape index (κ2) is 10.2. The van der Waals surface area contributed by atoms with E-state index in [2.05, 4.69) is 27.8 Å². The third kappa shape index (κ3) is 6.04. The fraction of sp³-hybridized carbons (Fsp3) is 0.533. The molecule has 5 heteroatoms. The molecule has 5 nitrogen and oxygen atoms in total. The van der Waals surface area contributed by atoms with Crippen molar-refractivity contribution in [1.29, 1.82) is 0 Å². The Bertz CT molecular complexity index is 408. The number of guanidine groups is 1. The van der Waals surface area contributed by atoms with Crippen LogP contribution >= 0.6 is 0 Å². The monoisotopic (exact) mass is 279 g/mol. The summed E-state index contributed by atoms with van der Waals surface area (Å²) >= 11 is 0. The Morgan fingerprint density at radius 3 is 2.50 bits per heavy atom. The van der Waals surface area contributed by atoms with E-state index in [9.17, 15) is 0 Å². The number of ether oxygens (including phenoxy) is 2. The maximum absolute atomic E-state index is 5.21. The van der Waals surface area contributed by atoms with Gasteiger partial charge in [-0.15, -0.1) is 0 Å². The standard InChI is InChI=1S/C15H25N3O2/c1-16-15(17-9-6-10-19-2)18-11-13-7-4-5-8-14(13)12-20-3/h4-5,7-8H,6,9-12H2,1-3H3,(H2,16,17,18). The zero-order valence-corrected chi connectivity index (χ0v) is 12.6. The van der Waals surface area contributed by atoms with Crippen LogP contribution in [-0.4, -0.2) is 40.4 Å². The average Bonchev–Trinajstić information content (AvgIpc) is 2.48. The number of benzene rings is 1. The van der Waals surface area contributed by atoms with Crippen LogP contribution in [0.4, 0.5) is 0 Å². The molecule has 0 atom stereocenters. The van der Waals surface area contributed by atoms with Gasteiger partial charge in [-0.1, -0.05) is 24.3 Å². The fourth-order valence-corrected chi connectivity index (χ4v) is 1.85. The molecule has 0 heterocycles. The lowest BCUT2D eigenvalue weighted by atomic mass is 10.1. The summed E-state index contributed by atoms with van der Waals surface area (Å²) in [6.07, 6.45) is 0.956. The molecule has 0 fully saturated rings. The molecule has 0 aliphatic rings. The van der Waals surface area contributed by atoms with E-state index in [1.165, 1.54) is 11.1 Å². The smallest absolute Gasteiger partial charge is 0.191 e. The molecule has 0 spiro atoms. The van der Waals surface area contributed by atoms with E-state index in [1.54, 1.807) is 21.3 Å². The molecule has 0 radical (unpaired) electrons. The number of rotatable bonds is 8. The summed E-state index contributed by atoms with van der Waals surface area (Å²) in [5.41, 5.74) is 2.41. The third-order valence-corrected chi connectivity index (χ3v) is 2.91. The second-order valence-corrected chi connectivity index (χ2v) is 4.40. The van der Waals surface area contributed by atoms with E-state index in [0.29, 0.717) is 6.61 Å². The van der Waals surface area contributed by atoms with Gasteiger partial charge in [-0.05, 0) is 17.5 Å². The Labute approximate surface area is 121 Å². The third-order valence-electron chi connectivity index (χ3n) is 2.91.